The Balaban J connectivity index is 2.76. The fourth-order valence-corrected chi connectivity index (χ4v) is 1.27. The van der Waals surface area contributed by atoms with Gasteiger partial charge in [0.2, 0.25) is 5.78 Å². The number of thiazole rings is 1. The number of allylic oxidation sites excluding steroid dienone is 2. The number of ketones is 1. The topological polar surface area (TPSA) is 33.2 Å². The summed E-state index contributed by atoms with van der Waals surface area (Å²) in [5.74, 6) is -0.0267. The quantitative estimate of drug-likeness (QED) is 0.546. The monoisotopic (exact) mass is 196 g/mol. The minimum atomic E-state index is -0.0267. The standard InChI is InChI=1S/C9H12N2OS/c1-7(11(2)3)6-8(12)9-10-4-5-13-9/h4-6H,1-3H3/b7-6+. The summed E-state index contributed by atoms with van der Waals surface area (Å²) in [7, 11) is 3.81. The molecule has 13 heavy (non-hydrogen) atoms. The number of rotatable bonds is 3. The molecule has 0 aromatic carbocycles. The van der Waals surface area contributed by atoms with Crippen molar-refractivity contribution in [3.63, 3.8) is 0 Å². The number of aromatic nitrogens is 1. The average molecular weight is 196 g/mol. The van der Waals surface area contributed by atoms with Crippen LogP contribution in [0.3, 0.4) is 0 Å². The van der Waals surface area contributed by atoms with Gasteiger partial charge in [0.15, 0.2) is 5.01 Å². The second-order valence-electron chi connectivity index (χ2n) is 2.88. The molecule has 0 saturated carbocycles. The molecule has 3 nitrogen and oxygen atoms in total. The van der Waals surface area contributed by atoms with Crippen LogP contribution in [0, 0.1) is 0 Å². The van der Waals surface area contributed by atoms with E-state index in [2.05, 4.69) is 4.98 Å². The van der Waals surface area contributed by atoms with E-state index in [1.165, 1.54) is 11.3 Å². The Morgan fingerprint density at radius 1 is 1.62 bits per heavy atom. The first-order valence-corrected chi connectivity index (χ1v) is 4.78. The third-order valence-electron chi connectivity index (χ3n) is 1.69. The Bertz CT molecular complexity index is 314. The molecule has 0 spiro atoms. The maximum absolute atomic E-state index is 11.5. The molecule has 0 aliphatic rings. The molecule has 1 aromatic heterocycles. The summed E-state index contributed by atoms with van der Waals surface area (Å²) in [5.41, 5.74) is 0.931. The van der Waals surface area contributed by atoms with Gasteiger partial charge in [-0.3, -0.25) is 4.79 Å². The number of carbonyl (C=O) groups excluding carboxylic acids is 1. The van der Waals surface area contributed by atoms with Crippen LogP contribution in [0.2, 0.25) is 0 Å². The molecule has 1 aromatic rings. The van der Waals surface area contributed by atoms with E-state index in [1.54, 1.807) is 17.7 Å². The lowest BCUT2D eigenvalue weighted by atomic mass is 10.3. The number of nitrogens with zero attached hydrogens (tertiary/aromatic N) is 2. The van der Waals surface area contributed by atoms with Gasteiger partial charge in [-0.1, -0.05) is 0 Å². The van der Waals surface area contributed by atoms with E-state index < -0.39 is 0 Å². The van der Waals surface area contributed by atoms with Gasteiger partial charge in [0, 0.05) is 37.4 Å². The van der Waals surface area contributed by atoms with Gasteiger partial charge in [0.25, 0.3) is 0 Å². The van der Waals surface area contributed by atoms with Gasteiger partial charge in [0.05, 0.1) is 0 Å². The third kappa shape index (κ3) is 2.66. The van der Waals surface area contributed by atoms with Gasteiger partial charge >= 0.3 is 0 Å². The van der Waals surface area contributed by atoms with E-state index in [-0.39, 0.29) is 5.78 Å². The van der Waals surface area contributed by atoms with E-state index in [9.17, 15) is 4.79 Å². The SMILES string of the molecule is C/C(=C\C(=O)c1nccs1)N(C)C. The van der Waals surface area contributed by atoms with Gasteiger partial charge in [-0.25, -0.2) is 4.98 Å². The van der Waals surface area contributed by atoms with Crippen molar-refractivity contribution < 1.29 is 4.79 Å². The summed E-state index contributed by atoms with van der Waals surface area (Å²) < 4.78 is 0. The molecule has 0 amide bonds. The molecule has 4 heteroatoms. The van der Waals surface area contributed by atoms with Crippen molar-refractivity contribution in [2.45, 2.75) is 6.92 Å². The highest BCUT2D eigenvalue weighted by Crippen LogP contribution is 2.07. The average Bonchev–Trinajstić information content (AvgIpc) is 2.55. The van der Waals surface area contributed by atoms with Gasteiger partial charge in [-0.15, -0.1) is 11.3 Å². The molecule has 0 aliphatic carbocycles. The highest BCUT2D eigenvalue weighted by Gasteiger charge is 2.05. The van der Waals surface area contributed by atoms with Crippen LogP contribution < -0.4 is 0 Å². The Morgan fingerprint density at radius 3 is 2.77 bits per heavy atom. The molecule has 0 fully saturated rings. The van der Waals surface area contributed by atoms with Crippen molar-refractivity contribution in [1.82, 2.24) is 9.88 Å². The Kier molecular flexibility index (Phi) is 3.19. The molecule has 0 N–H and O–H groups in total. The van der Waals surface area contributed by atoms with E-state index in [0.29, 0.717) is 5.01 Å². The van der Waals surface area contributed by atoms with Crippen LogP contribution in [0.4, 0.5) is 0 Å². The summed E-state index contributed by atoms with van der Waals surface area (Å²) in [5, 5.41) is 2.34. The summed E-state index contributed by atoms with van der Waals surface area (Å²) in [6.07, 6.45) is 3.23. The fourth-order valence-electron chi connectivity index (χ4n) is 0.726. The highest BCUT2D eigenvalue weighted by molar-refractivity contribution is 7.11. The van der Waals surface area contributed by atoms with Crippen molar-refractivity contribution in [3.05, 3.63) is 28.4 Å². The smallest absolute Gasteiger partial charge is 0.216 e. The number of hydrogen-bond donors (Lipinski definition) is 0. The molecule has 0 unspecified atom stereocenters. The van der Waals surface area contributed by atoms with Crippen LogP contribution in [0.25, 0.3) is 0 Å². The molecule has 1 heterocycles. The zero-order valence-electron chi connectivity index (χ0n) is 7.94. The van der Waals surface area contributed by atoms with E-state index in [1.807, 2.05) is 25.9 Å². The first kappa shape index (κ1) is 9.92. The number of carbonyl (C=O) groups is 1. The molecular formula is C9H12N2OS. The van der Waals surface area contributed by atoms with Crippen molar-refractivity contribution in [2.24, 2.45) is 0 Å². The van der Waals surface area contributed by atoms with Gasteiger partial charge in [0.1, 0.15) is 0 Å². The van der Waals surface area contributed by atoms with Gasteiger partial charge < -0.3 is 4.90 Å². The molecular weight excluding hydrogens is 184 g/mol. The second kappa shape index (κ2) is 4.18. The highest BCUT2D eigenvalue weighted by atomic mass is 32.1. The van der Waals surface area contributed by atoms with Crippen LogP contribution in [0.15, 0.2) is 23.3 Å². The lowest BCUT2D eigenvalue weighted by Gasteiger charge is -2.11. The van der Waals surface area contributed by atoms with Crippen molar-refractivity contribution in [3.8, 4) is 0 Å². The first-order valence-electron chi connectivity index (χ1n) is 3.90. The zero-order chi connectivity index (χ0) is 9.84. The Morgan fingerprint density at radius 2 is 2.31 bits per heavy atom. The molecule has 0 aliphatic heterocycles. The predicted molar refractivity (Wildman–Crippen MR) is 53.9 cm³/mol. The van der Waals surface area contributed by atoms with Crippen molar-refractivity contribution in [1.29, 1.82) is 0 Å². The van der Waals surface area contributed by atoms with E-state index in [4.69, 9.17) is 0 Å². The van der Waals surface area contributed by atoms with Crippen LogP contribution >= 0.6 is 11.3 Å². The molecule has 0 bridgehead atoms. The maximum atomic E-state index is 11.5. The summed E-state index contributed by atoms with van der Waals surface area (Å²) in [6.45, 7) is 1.89. The first-order chi connectivity index (χ1) is 6.11. The zero-order valence-corrected chi connectivity index (χ0v) is 8.76. The van der Waals surface area contributed by atoms with E-state index >= 15 is 0 Å². The van der Waals surface area contributed by atoms with E-state index in [0.717, 1.165) is 5.70 Å². The summed E-state index contributed by atoms with van der Waals surface area (Å²) in [4.78, 5) is 17.3. The molecule has 0 saturated heterocycles. The second-order valence-corrected chi connectivity index (χ2v) is 3.78. The normalized spacial score (nSPS) is 11.5. The maximum Gasteiger partial charge on any atom is 0.216 e. The minimum Gasteiger partial charge on any atom is -0.381 e. The number of hydrogen-bond acceptors (Lipinski definition) is 4. The lowest BCUT2D eigenvalue weighted by molar-refractivity contribution is 0.104. The Labute approximate surface area is 81.7 Å². The third-order valence-corrected chi connectivity index (χ3v) is 2.48. The van der Waals surface area contributed by atoms with Crippen LogP contribution in [0.1, 0.15) is 16.7 Å². The van der Waals surface area contributed by atoms with Crippen molar-refractivity contribution >= 4 is 17.1 Å². The van der Waals surface area contributed by atoms with Crippen LogP contribution in [0.5, 0.6) is 0 Å². The van der Waals surface area contributed by atoms with Crippen LogP contribution in [-0.4, -0.2) is 29.8 Å². The fraction of sp³-hybridized carbons (Fsp3) is 0.333. The van der Waals surface area contributed by atoms with Crippen LogP contribution in [-0.2, 0) is 0 Å². The predicted octanol–water partition coefficient (Wildman–Crippen LogP) is 1.79. The van der Waals surface area contributed by atoms with Gasteiger partial charge in [-0.2, -0.15) is 0 Å². The summed E-state index contributed by atoms with van der Waals surface area (Å²) in [6, 6.07) is 0. The summed E-state index contributed by atoms with van der Waals surface area (Å²) >= 11 is 1.36. The molecule has 1 rings (SSSR count). The largest absolute Gasteiger partial charge is 0.381 e. The van der Waals surface area contributed by atoms with Gasteiger partial charge in [-0.05, 0) is 6.92 Å². The Hall–Kier alpha value is -1.16. The minimum absolute atomic E-state index is 0.0267. The van der Waals surface area contributed by atoms with Crippen molar-refractivity contribution in [2.75, 3.05) is 14.1 Å². The molecule has 0 atom stereocenters. The lowest BCUT2D eigenvalue weighted by Crippen LogP contribution is -2.10. The molecule has 0 radical (unpaired) electrons. The molecule has 70 valence electrons.